The Hall–Kier alpha value is -1.71. The van der Waals surface area contributed by atoms with Crippen LogP contribution in [0.5, 0.6) is 5.75 Å². The summed E-state index contributed by atoms with van der Waals surface area (Å²) in [7, 11) is 0. The van der Waals surface area contributed by atoms with Crippen molar-refractivity contribution in [3.8, 4) is 5.75 Å². The first-order valence-corrected chi connectivity index (χ1v) is 4.62. The molecule has 0 saturated carbocycles. The van der Waals surface area contributed by atoms with Crippen LogP contribution < -0.4 is 5.73 Å². The average Bonchev–Trinajstić information content (AvgIpc) is 2.08. The van der Waals surface area contributed by atoms with E-state index in [2.05, 4.69) is 25.6 Å². The second-order valence-corrected chi connectivity index (χ2v) is 3.54. The summed E-state index contributed by atoms with van der Waals surface area (Å²) in [5.41, 5.74) is 6.16. The number of primary amides is 1. The SMILES string of the molecule is Cc1ccc(C(C)C)cc1O.NC(=O)O. The lowest BCUT2D eigenvalue weighted by atomic mass is 10.0. The third-order valence-corrected chi connectivity index (χ3v) is 1.90. The first-order valence-electron chi connectivity index (χ1n) is 4.62. The summed E-state index contributed by atoms with van der Waals surface area (Å²) in [6.07, 6.45) is -1.33. The number of nitrogens with two attached hydrogens (primary N) is 1. The van der Waals surface area contributed by atoms with E-state index in [0.29, 0.717) is 11.7 Å². The summed E-state index contributed by atoms with van der Waals surface area (Å²) in [4.78, 5) is 8.78. The number of carboxylic acid groups (broad SMARTS) is 1. The van der Waals surface area contributed by atoms with E-state index in [-0.39, 0.29) is 0 Å². The van der Waals surface area contributed by atoms with Crippen LogP contribution in [-0.2, 0) is 0 Å². The summed E-state index contributed by atoms with van der Waals surface area (Å²) in [6.45, 7) is 6.13. The number of aryl methyl sites for hydroxylation is 1. The molecule has 0 fully saturated rings. The number of carbonyl (C=O) groups is 1. The van der Waals surface area contributed by atoms with Gasteiger partial charge in [0.25, 0.3) is 0 Å². The molecule has 4 N–H and O–H groups in total. The summed E-state index contributed by atoms with van der Waals surface area (Å²) in [6, 6.07) is 5.84. The lowest BCUT2D eigenvalue weighted by molar-refractivity contribution is 0.205. The molecule has 1 aromatic carbocycles. The van der Waals surface area contributed by atoms with Crippen molar-refractivity contribution in [1.29, 1.82) is 0 Å². The van der Waals surface area contributed by atoms with E-state index < -0.39 is 6.09 Å². The fourth-order valence-electron chi connectivity index (χ4n) is 0.986. The van der Waals surface area contributed by atoms with Gasteiger partial charge in [0.2, 0.25) is 0 Å². The molecule has 0 bridgehead atoms. The molecule has 15 heavy (non-hydrogen) atoms. The molecule has 0 aromatic heterocycles. The molecular weight excluding hydrogens is 194 g/mol. The van der Waals surface area contributed by atoms with Crippen LogP contribution in [0.3, 0.4) is 0 Å². The number of benzene rings is 1. The lowest BCUT2D eigenvalue weighted by Crippen LogP contribution is -2.03. The van der Waals surface area contributed by atoms with Crippen LogP contribution in [0.4, 0.5) is 4.79 Å². The molecule has 4 heteroatoms. The van der Waals surface area contributed by atoms with Gasteiger partial charge in [0.1, 0.15) is 5.75 Å². The maximum absolute atomic E-state index is 9.35. The quantitative estimate of drug-likeness (QED) is 0.667. The van der Waals surface area contributed by atoms with E-state index in [0.717, 1.165) is 5.56 Å². The van der Waals surface area contributed by atoms with E-state index >= 15 is 0 Å². The van der Waals surface area contributed by atoms with Gasteiger partial charge in [-0.2, -0.15) is 0 Å². The molecule has 0 atom stereocenters. The van der Waals surface area contributed by atoms with Gasteiger partial charge in [-0.15, -0.1) is 0 Å². The van der Waals surface area contributed by atoms with Gasteiger partial charge in [-0.1, -0.05) is 26.0 Å². The van der Waals surface area contributed by atoms with Gasteiger partial charge >= 0.3 is 6.09 Å². The highest BCUT2D eigenvalue weighted by Gasteiger charge is 2.00. The average molecular weight is 211 g/mol. The molecule has 0 saturated heterocycles. The fraction of sp³-hybridized carbons (Fsp3) is 0.364. The second-order valence-electron chi connectivity index (χ2n) is 3.54. The molecule has 0 aliphatic rings. The molecule has 0 heterocycles. The maximum Gasteiger partial charge on any atom is 0.402 e. The van der Waals surface area contributed by atoms with Gasteiger partial charge in [-0.3, -0.25) is 0 Å². The van der Waals surface area contributed by atoms with Crippen molar-refractivity contribution in [2.75, 3.05) is 0 Å². The number of amides is 1. The van der Waals surface area contributed by atoms with Gasteiger partial charge in [-0.05, 0) is 30.0 Å². The van der Waals surface area contributed by atoms with E-state index in [4.69, 9.17) is 9.90 Å². The molecule has 84 valence electrons. The maximum atomic E-state index is 9.35. The molecule has 0 aliphatic carbocycles. The van der Waals surface area contributed by atoms with Crippen LogP contribution >= 0.6 is 0 Å². The number of phenolic OH excluding ortho intramolecular Hbond substituents is 1. The van der Waals surface area contributed by atoms with Crippen LogP contribution in [0, 0.1) is 6.92 Å². The Morgan fingerprint density at radius 2 is 1.87 bits per heavy atom. The third-order valence-electron chi connectivity index (χ3n) is 1.90. The van der Waals surface area contributed by atoms with Crippen LogP contribution in [0.25, 0.3) is 0 Å². The molecule has 1 rings (SSSR count). The number of hydrogen-bond donors (Lipinski definition) is 3. The Labute approximate surface area is 89.4 Å². The van der Waals surface area contributed by atoms with Crippen molar-refractivity contribution < 1.29 is 15.0 Å². The second kappa shape index (κ2) is 5.90. The standard InChI is InChI=1S/C10H14O.CH3NO2/c1-7(2)9-5-4-8(3)10(11)6-9;2-1(3)4/h4-7,11H,1-3H3;2H2,(H,3,4). The molecule has 1 amide bonds. The van der Waals surface area contributed by atoms with Crippen LogP contribution in [0.1, 0.15) is 30.9 Å². The Kier molecular flexibility index (Phi) is 5.23. The minimum absolute atomic E-state index is 0.399. The number of aromatic hydroxyl groups is 1. The molecule has 4 nitrogen and oxygen atoms in total. The Bertz CT molecular complexity index is 331. The van der Waals surface area contributed by atoms with Crippen molar-refractivity contribution in [2.45, 2.75) is 26.7 Å². The monoisotopic (exact) mass is 211 g/mol. The van der Waals surface area contributed by atoms with Crippen LogP contribution in [0.15, 0.2) is 18.2 Å². The summed E-state index contributed by atoms with van der Waals surface area (Å²) in [5.74, 6) is 0.887. The summed E-state index contributed by atoms with van der Waals surface area (Å²) >= 11 is 0. The molecule has 0 radical (unpaired) electrons. The van der Waals surface area contributed by atoms with Crippen LogP contribution in [-0.4, -0.2) is 16.3 Å². The first kappa shape index (κ1) is 13.3. The number of phenols is 1. The molecule has 0 spiro atoms. The number of rotatable bonds is 1. The van der Waals surface area contributed by atoms with Crippen LogP contribution in [0.2, 0.25) is 0 Å². The molecular formula is C11H17NO3. The first-order chi connectivity index (χ1) is 6.84. The Balaban J connectivity index is 0.000000423. The Morgan fingerprint density at radius 3 is 2.20 bits per heavy atom. The minimum Gasteiger partial charge on any atom is -0.508 e. The zero-order chi connectivity index (χ0) is 12.0. The van der Waals surface area contributed by atoms with E-state index in [1.54, 1.807) is 0 Å². The van der Waals surface area contributed by atoms with Gasteiger partial charge < -0.3 is 15.9 Å². The minimum atomic E-state index is -1.33. The highest BCUT2D eigenvalue weighted by atomic mass is 16.4. The van der Waals surface area contributed by atoms with Gasteiger partial charge in [0.05, 0.1) is 0 Å². The van der Waals surface area contributed by atoms with Gasteiger partial charge in [0, 0.05) is 0 Å². The van der Waals surface area contributed by atoms with E-state index in [1.807, 2.05) is 19.1 Å². The van der Waals surface area contributed by atoms with Crippen molar-refractivity contribution in [3.63, 3.8) is 0 Å². The van der Waals surface area contributed by atoms with Gasteiger partial charge in [0.15, 0.2) is 0 Å². The largest absolute Gasteiger partial charge is 0.508 e. The van der Waals surface area contributed by atoms with Gasteiger partial charge in [-0.25, -0.2) is 4.79 Å². The fourth-order valence-corrected chi connectivity index (χ4v) is 0.986. The Morgan fingerprint density at radius 1 is 1.40 bits per heavy atom. The summed E-state index contributed by atoms with van der Waals surface area (Å²) < 4.78 is 0. The van der Waals surface area contributed by atoms with Crippen molar-refractivity contribution in [1.82, 2.24) is 0 Å². The summed E-state index contributed by atoms with van der Waals surface area (Å²) in [5, 5.41) is 16.5. The zero-order valence-corrected chi connectivity index (χ0v) is 9.19. The van der Waals surface area contributed by atoms with Crippen molar-refractivity contribution in [3.05, 3.63) is 29.3 Å². The third kappa shape index (κ3) is 5.57. The molecule has 0 aliphatic heterocycles. The topological polar surface area (TPSA) is 83.5 Å². The van der Waals surface area contributed by atoms with Crippen molar-refractivity contribution in [2.24, 2.45) is 5.73 Å². The predicted octanol–water partition coefficient (Wildman–Crippen LogP) is 2.45. The highest BCUT2D eigenvalue weighted by Crippen LogP contribution is 2.22. The smallest absolute Gasteiger partial charge is 0.402 e. The predicted molar refractivity (Wildman–Crippen MR) is 59.1 cm³/mol. The normalized spacial score (nSPS) is 9.33. The molecule has 1 aromatic rings. The zero-order valence-electron chi connectivity index (χ0n) is 9.19. The number of hydrogen-bond acceptors (Lipinski definition) is 2. The van der Waals surface area contributed by atoms with E-state index in [1.165, 1.54) is 5.56 Å². The van der Waals surface area contributed by atoms with E-state index in [9.17, 15) is 5.11 Å². The van der Waals surface area contributed by atoms with Crippen molar-refractivity contribution >= 4 is 6.09 Å². The highest BCUT2D eigenvalue weighted by molar-refractivity contribution is 5.61. The molecule has 0 unspecified atom stereocenters. The lowest BCUT2D eigenvalue weighted by Gasteiger charge is -2.06.